The van der Waals surface area contributed by atoms with E-state index in [2.05, 4.69) is 55.7 Å². The SMILES string of the molecule is CC(=O)N[C@@H](Cc1cc(F)cc(F)c1)[C@H](S)CNC1(c2cccc(C(C)(C)C)c2)CCCCC1. The van der Waals surface area contributed by atoms with Crippen molar-refractivity contribution in [2.45, 2.75) is 88.5 Å². The summed E-state index contributed by atoms with van der Waals surface area (Å²) in [5, 5.41) is 6.52. The van der Waals surface area contributed by atoms with E-state index in [4.69, 9.17) is 12.6 Å². The summed E-state index contributed by atoms with van der Waals surface area (Å²) in [6.07, 6.45) is 5.92. The first-order chi connectivity index (χ1) is 16.0. The molecule has 2 aromatic carbocycles. The third kappa shape index (κ3) is 7.05. The van der Waals surface area contributed by atoms with Crippen LogP contribution in [-0.4, -0.2) is 23.7 Å². The normalized spacial score (nSPS) is 17.7. The van der Waals surface area contributed by atoms with Gasteiger partial charge < -0.3 is 10.6 Å². The van der Waals surface area contributed by atoms with Crippen molar-refractivity contribution in [3.8, 4) is 0 Å². The number of hydrogen-bond acceptors (Lipinski definition) is 3. The lowest BCUT2D eigenvalue weighted by Gasteiger charge is -2.41. The molecule has 186 valence electrons. The maximum absolute atomic E-state index is 13.7. The van der Waals surface area contributed by atoms with Crippen LogP contribution in [0.2, 0.25) is 0 Å². The van der Waals surface area contributed by atoms with E-state index < -0.39 is 11.6 Å². The quantitative estimate of drug-likeness (QED) is 0.396. The van der Waals surface area contributed by atoms with Gasteiger partial charge in [-0.2, -0.15) is 12.6 Å². The Balaban J connectivity index is 1.80. The van der Waals surface area contributed by atoms with E-state index in [1.807, 2.05) is 0 Å². The summed E-state index contributed by atoms with van der Waals surface area (Å²) in [6, 6.07) is 12.0. The van der Waals surface area contributed by atoms with Gasteiger partial charge in [0, 0.05) is 36.4 Å². The molecule has 0 heterocycles. The molecular formula is C28H38F2N2OS. The Kier molecular flexibility index (Phi) is 8.80. The number of carbonyl (C=O) groups excluding carboxylic acids is 1. The lowest BCUT2D eigenvalue weighted by molar-refractivity contribution is -0.119. The van der Waals surface area contributed by atoms with E-state index in [0.717, 1.165) is 31.7 Å². The lowest BCUT2D eigenvalue weighted by atomic mass is 9.74. The molecule has 2 atom stereocenters. The molecule has 2 aromatic rings. The first kappa shape index (κ1) is 26.7. The topological polar surface area (TPSA) is 41.1 Å². The average Bonchev–Trinajstić information content (AvgIpc) is 2.76. The summed E-state index contributed by atoms with van der Waals surface area (Å²) >= 11 is 4.83. The highest BCUT2D eigenvalue weighted by Crippen LogP contribution is 2.38. The monoisotopic (exact) mass is 488 g/mol. The summed E-state index contributed by atoms with van der Waals surface area (Å²) in [7, 11) is 0. The van der Waals surface area contributed by atoms with Crippen LogP contribution in [0.5, 0.6) is 0 Å². The van der Waals surface area contributed by atoms with Gasteiger partial charge in [-0.15, -0.1) is 0 Å². The molecule has 0 aliphatic heterocycles. The lowest BCUT2D eigenvalue weighted by Crippen LogP contribution is -2.51. The van der Waals surface area contributed by atoms with Gasteiger partial charge in [0.05, 0.1) is 0 Å². The molecule has 6 heteroatoms. The minimum absolute atomic E-state index is 0.0642. The molecule has 1 fully saturated rings. The van der Waals surface area contributed by atoms with E-state index in [1.165, 1.54) is 36.6 Å². The van der Waals surface area contributed by atoms with Crippen molar-refractivity contribution in [2.24, 2.45) is 0 Å². The molecule has 0 aromatic heterocycles. The van der Waals surface area contributed by atoms with Gasteiger partial charge in [0.1, 0.15) is 11.6 Å². The summed E-state index contributed by atoms with van der Waals surface area (Å²) in [4.78, 5) is 11.9. The second-order valence-electron chi connectivity index (χ2n) is 10.7. The molecule has 34 heavy (non-hydrogen) atoms. The van der Waals surface area contributed by atoms with E-state index in [-0.39, 0.29) is 28.2 Å². The van der Waals surface area contributed by atoms with Gasteiger partial charge in [-0.25, -0.2) is 8.78 Å². The molecule has 3 rings (SSSR count). The Morgan fingerprint density at radius 2 is 1.71 bits per heavy atom. The smallest absolute Gasteiger partial charge is 0.217 e. The summed E-state index contributed by atoms with van der Waals surface area (Å²) in [5.41, 5.74) is 3.02. The van der Waals surface area contributed by atoms with E-state index in [1.54, 1.807) is 0 Å². The second kappa shape index (κ2) is 11.2. The highest BCUT2D eigenvalue weighted by atomic mass is 32.1. The van der Waals surface area contributed by atoms with E-state index >= 15 is 0 Å². The van der Waals surface area contributed by atoms with Gasteiger partial charge in [0.2, 0.25) is 5.91 Å². The maximum atomic E-state index is 13.7. The summed E-state index contributed by atoms with van der Waals surface area (Å²) in [6.45, 7) is 8.69. The fraction of sp³-hybridized carbons (Fsp3) is 0.536. The van der Waals surface area contributed by atoms with Gasteiger partial charge in [0.15, 0.2) is 0 Å². The zero-order valence-corrected chi connectivity index (χ0v) is 21.7. The molecule has 0 spiro atoms. The Morgan fingerprint density at radius 3 is 2.29 bits per heavy atom. The predicted octanol–water partition coefficient (Wildman–Crippen LogP) is 6.06. The van der Waals surface area contributed by atoms with Crippen LogP contribution in [0, 0.1) is 11.6 Å². The van der Waals surface area contributed by atoms with Crippen molar-refractivity contribution >= 4 is 18.5 Å². The number of benzene rings is 2. The summed E-state index contributed by atoms with van der Waals surface area (Å²) < 4.78 is 27.5. The molecular weight excluding hydrogens is 450 g/mol. The van der Waals surface area contributed by atoms with Gasteiger partial charge >= 0.3 is 0 Å². The Morgan fingerprint density at radius 1 is 1.06 bits per heavy atom. The molecule has 1 amide bonds. The number of rotatable bonds is 8. The van der Waals surface area contributed by atoms with Crippen LogP contribution < -0.4 is 10.6 Å². The Labute approximate surface area is 208 Å². The molecule has 2 N–H and O–H groups in total. The number of amides is 1. The zero-order valence-electron chi connectivity index (χ0n) is 20.8. The highest BCUT2D eigenvalue weighted by molar-refractivity contribution is 7.81. The third-order valence-electron chi connectivity index (χ3n) is 6.87. The first-order valence-corrected chi connectivity index (χ1v) is 12.8. The number of thiol groups is 1. The van der Waals surface area contributed by atoms with Gasteiger partial charge in [-0.3, -0.25) is 4.79 Å². The van der Waals surface area contributed by atoms with Gasteiger partial charge in [-0.05, 0) is 53.5 Å². The number of nitrogens with one attached hydrogen (secondary N) is 2. The number of carbonyl (C=O) groups is 1. The Hall–Kier alpha value is -1.92. The van der Waals surface area contributed by atoms with Crippen molar-refractivity contribution in [3.63, 3.8) is 0 Å². The second-order valence-corrected chi connectivity index (χ2v) is 11.4. The van der Waals surface area contributed by atoms with Crippen molar-refractivity contribution in [2.75, 3.05) is 6.54 Å². The average molecular weight is 489 g/mol. The predicted molar refractivity (Wildman–Crippen MR) is 138 cm³/mol. The molecule has 0 unspecified atom stereocenters. The number of hydrogen-bond donors (Lipinski definition) is 3. The fourth-order valence-electron chi connectivity index (χ4n) is 4.98. The molecule has 1 aliphatic carbocycles. The van der Waals surface area contributed by atoms with Crippen molar-refractivity contribution in [1.82, 2.24) is 10.6 Å². The fourth-order valence-corrected chi connectivity index (χ4v) is 5.25. The zero-order chi connectivity index (χ0) is 24.9. The van der Waals surface area contributed by atoms with Crippen molar-refractivity contribution < 1.29 is 13.6 Å². The standard InChI is InChI=1S/C28H38F2N2OS/c1-19(33)32-25(15-20-13-23(29)17-24(30)14-20)26(34)18-31-28(11-6-5-7-12-28)22-10-8-9-21(16-22)27(2,3)4/h8-10,13-14,16-17,25-26,31,34H,5-7,11-12,15,18H2,1-4H3,(H,32,33)/t25-,26+/m0/s1. The molecule has 1 saturated carbocycles. The van der Waals surface area contributed by atoms with E-state index in [9.17, 15) is 13.6 Å². The highest BCUT2D eigenvalue weighted by Gasteiger charge is 2.35. The number of halogens is 2. The van der Waals surface area contributed by atoms with E-state index in [0.29, 0.717) is 18.5 Å². The largest absolute Gasteiger partial charge is 0.352 e. The molecule has 3 nitrogen and oxygen atoms in total. The summed E-state index contributed by atoms with van der Waals surface area (Å²) in [5.74, 6) is -1.43. The van der Waals surface area contributed by atoms with Crippen LogP contribution in [-0.2, 0) is 22.2 Å². The molecule has 0 radical (unpaired) electrons. The Bertz CT molecular complexity index is 962. The minimum atomic E-state index is -0.620. The molecule has 1 aliphatic rings. The molecule has 0 saturated heterocycles. The van der Waals surface area contributed by atoms with Crippen LogP contribution in [0.4, 0.5) is 8.78 Å². The van der Waals surface area contributed by atoms with Crippen LogP contribution in [0.3, 0.4) is 0 Å². The van der Waals surface area contributed by atoms with Crippen LogP contribution in [0.1, 0.15) is 76.5 Å². The first-order valence-electron chi connectivity index (χ1n) is 12.2. The minimum Gasteiger partial charge on any atom is -0.352 e. The van der Waals surface area contributed by atoms with Gasteiger partial charge in [0.25, 0.3) is 0 Å². The third-order valence-corrected chi connectivity index (χ3v) is 7.41. The molecule has 0 bridgehead atoms. The van der Waals surface area contributed by atoms with Crippen LogP contribution in [0.15, 0.2) is 42.5 Å². The van der Waals surface area contributed by atoms with Crippen molar-refractivity contribution in [3.05, 3.63) is 70.8 Å². The van der Waals surface area contributed by atoms with Crippen molar-refractivity contribution in [1.29, 1.82) is 0 Å². The van der Waals surface area contributed by atoms with Crippen LogP contribution in [0.25, 0.3) is 0 Å². The maximum Gasteiger partial charge on any atom is 0.217 e. The van der Waals surface area contributed by atoms with Gasteiger partial charge in [-0.1, -0.05) is 64.3 Å². The van der Waals surface area contributed by atoms with Crippen LogP contribution >= 0.6 is 12.6 Å².